The number of hydrogen-bond acceptors (Lipinski definition) is 12. The lowest BCUT2D eigenvalue weighted by Gasteiger charge is -2.33. The molecule has 6 rings (SSSR count). The van der Waals surface area contributed by atoms with Gasteiger partial charge in [-0.05, 0) is 99.2 Å². The van der Waals surface area contributed by atoms with E-state index in [1.165, 1.54) is 12.0 Å². The molecule has 3 amide bonds. The molecule has 3 saturated heterocycles. The molecule has 2 aromatic rings. The Labute approximate surface area is 403 Å². The van der Waals surface area contributed by atoms with Gasteiger partial charge >= 0.3 is 1.43 Å². The van der Waals surface area contributed by atoms with Crippen LogP contribution in [-0.4, -0.2) is 128 Å². The number of likely N-dealkylation sites (tertiary alicyclic amines) is 1. The monoisotopic (exact) mass is 955 g/mol. The number of aromatic nitrogens is 1. The maximum Gasteiger partial charge on any atom is 1.00 e. The largest absolute Gasteiger partial charge is 1.00 e. The first-order valence-corrected chi connectivity index (χ1v) is 27.3. The van der Waals surface area contributed by atoms with Crippen LogP contribution in [0.5, 0.6) is 0 Å². The van der Waals surface area contributed by atoms with Crippen LogP contribution in [0.15, 0.2) is 18.2 Å². The number of ether oxygens (including phenoxy) is 3. The molecular weight excluding hydrogens is 875 g/mol. The van der Waals surface area contributed by atoms with E-state index in [0.29, 0.717) is 120 Å². The number of benzene rings is 1. The number of carbonyl (C=O) groups excluding carboxylic acids is 5. The van der Waals surface area contributed by atoms with Crippen LogP contribution >= 0.6 is 23.1 Å². The fourth-order valence-corrected chi connectivity index (χ4v) is 12.9. The van der Waals surface area contributed by atoms with Crippen LogP contribution in [0.25, 0.3) is 10.2 Å². The second-order valence-electron chi connectivity index (χ2n) is 19.5. The molecule has 0 unspecified atom stereocenters. The molecule has 0 spiro atoms. The third-order valence-electron chi connectivity index (χ3n) is 14.3. The molecule has 4 heterocycles. The van der Waals surface area contributed by atoms with Crippen molar-refractivity contribution in [3.05, 3.63) is 28.8 Å². The summed E-state index contributed by atoms with van der Waals surface area (Å²) >= 11 is 3.59. The summed E-state index contributed by atoms with van der Waals surface area (Å²) in [7, 11) is 0. The lowest BCUT2D eigenvalue weighted by atomic mass is 9.80. The van der Waals surface area contributed by atoms with Crippen LogP contribution in [0.4, 0.5) is 0 Å². The maximum atomic E-state index is 14.1. The highest BCUT2D eigenvalue weighted by molar-refractivity contribution is 8.00. The Bertz CT molecular complexity index is 1850. The number of nitrogens with one attached hydrogen (secondary N) is 3. The minimum absolute atomic E-state index is 0. The van der Waals surface area contributed by atoms with E-state index in [0.717, 1.165) is 98.4 Å². The summed E-state index contributed by atoms with van der Waals surface area (Å²) in [6.07, 6.45) is 13.6. The molecule has 5 atom stereocenters. The molecule has 4 fully saturated rings. The Morgan fingerprint density at radius 2 is 1.68 bits per heavy atom. The quantitative estimate of drug-likeness (QED) is 0.0663. The predicted molar refractivity (Wildman–Crippen MR) is 264 cm³/mol. The van der Waals surface area contributed by atoms with Crippen molar-refractivity contribution in [1.82, 2.24) is 25.8 Å². The number of carbonyl (C=O) groups is 5. The second-order valence-corrected chi connectivity index (χ2v) is 21.9. The summed E-state index contributed by atoms with van der Waals surface area (Å²) in [5.41, 5.74) is 2.20. The zero-order valence-corrected chi connectivity index (χ0v) is 41.8. The normalized spacial score (nSPS) is 21.5. The molecule has 1 aromatic heterocycles. The first-order chi connectivity index (χ1) is 32.1. The molecule has 368 valence electrons. The van der Waals surface area contributed by atoms with Crippen LogP contribution in [0, 0.1) is 23.7 Å². The molecule has 0 radical (unpaired) electrons. The summed E-state index contributed by atoms with van der Waals surface area (Å²) in [5, 5.41) is 10.8. The molecule has 4 aliphatic rings. The van der Waals surface area contributed by atoms with Gasteiger partial charge in [-0.15, -0.1) is 11.3 Å². The van der Waals surface area contributed by atoms with E-state index >= 15 is 0 Å². The third-order valence-corrected chi connectivity index (χ3v) is 16.9. The topological polar surface area (TPSA) is 165 Å². The van der Waals surface area contributed by atoms with Crippen molar-refractivity contribution < 1.29 is 39.6 Å². The van der Waals surface area contributed by atoms with Crippen molar-refractivity contribution in [2.75, 3.05) is 71.6 Å². The number of thioether (sulfide) groups is 1. The van der Waals surface area contributed by atoms with E-state index in [4.69, 9.17) is 19.2 Å². The van der Waals surface area contributed by atoms with E-state index in [9.17, 15) is 24.0 Å². The van der Waals surface area contributed by atoms with Crippen LogP contribution in [0.1, 0.15) is 141 Å². The molecule has 66 heavy (non-hydrogen) atoms. The molecule has 1 saturated carbocycles. The minimum Gasteiger partial charge on any atom is -0.378 e. The smallest absolute Gasteiger partial charge is 0.378 e. The first kappa shape index (κ1) is 52.4. The Hall–Kier alpha value is -2.95. The Kier molecular flexibility index (Phi) is 22.2. The molecule has 3 N–H and O–H groups in total. The number of amides is 3. The highest BCUT2D eigenvalue weighted by Gasteiger charge is 2.42. The number of piperidine rings is 1. The van der Waals surface area contributed by atoms with Gasteiger partial charge in [-0.3, -0.25) is 24.0 Å². The minimum atomic E-state index is -0.482. The average molecular weight is 955 g/mol. The molecule has 13 nitrogen and oxygen atoms in total. The van der Waals surface area contributed by atoms with Gasteiger partial charge in [0.1, 0.15) is 11.6 Å². The van der Waals surface area contributed by atoms with E-state index in [1.807, 2.05) is 18.7 Å². The fourth-order valence-electron chi connectivity index (χ4n) is 10.2. The highest BCUT2D eigenvalue weighted by atomic mass is 32.2. The average Bonchev–Trinajstić information content (AvgIpc) is 4.02. The predicted octanol–water partition coefficient (Wildman–Crippen LogP) is 7.53. The molecule has 1 aromatic carbocycles. The van der Waals surface area contributed by atoms with Crippen LogP contribution < -0.4 is 16.0 Å². The van der Waals surface area contributed by atoms with Gasteiger partial charge in [0.25, 0.3) is 0 Å². The van der Waals surface area contributed by atoms with Gasteiger partial charge in [0.05, 0.1) is 60.8 Å². The number of thiazole rings is 1. The van der Waals surface area contributed by atoms with Gasteiger partial charge in [-0.1, -0.05) is 52.5 Å². The molecular formula is C51H80N5O8S2+. The molecule has 1 aliphatic carbocycles. The van der Waals surface area contributed by atoms with Crippen molar-refractivity contribution in [2.24, 2.45) is 23.7 Å². The van der Waals surface area contributed by atoms with Gasteiger partial charge in [-0.25, -0.2) is 4.98 Å². The van der Waals surface area contributed by atoms with Crippen LogP contribution in [0.2, 0.25) is 0 Å². The van der Waals surface area contributed by atoms with Crippen molar-refractivity contribution in [3.63, 3.8) is 0 Å². The number of Topliss-reactive ketones (excluding diaryl/α,β-unsaturated/α-hetero) is 2. The Morgan fingerprint density at radius 3 is 2.42 bits per heavy atom. The maximum absolute atomic E-state index is 14.1. The molecule has 0 bridgehead atoms. The SMILES string of the molecule is CCC(=O)C[C@@H](Cc1nc2ccc(C(C)C)cc2s1)C(=O)N[C@H](CCC(=O)C1CCN(CCOCCOCCOCCNC(=O)CCCC[C@@H]2SC[C@@H]3CC(=O)N[C@@H]32)CC1)C1CCCCC1.[H+]. The second kappa shape index (κ2) is 27.9. The van der Waals surface area contributed by atoms with Gasteiger partial charge in [0.2, 0.25) is 17.7 Å². The number of unbranched alkanes of at least 4 members (excludes halogenated alkanes) is 1. The number of nitrogens with zero attached hydrogens (tertiary/aromatic N) is 2. The zero-order valence-electron chi connectivity index (χ0n) is 41.1. The lowest BCUT2D eigenvalue weighted by Crippen LogP contribution is -2.45. The van der Waals surface area contributed by atoms with Gasteiger partial charge < -0.3 is 35.1 Å². The Morgan fingerprint density at radius 1 is 0.939 bits per heavy atom. The van der Waals surface area contributed by atoms with Crippen molar-refractivity contribution in [3.8, 4) is 0 Å². The summed E-state index contributed by atoms with van der Waals surface area (Å²) in [6, 6.07) is 6.63. The number of hydrogen-bond donors (Lipinski definition) is 3. The van der Waals surface area contributed by atoms with Gasteiger partial charge in [0.15, 0.2) is 0 Å². The third kappa shape index (κ3) is 16.9. The van der Waals surface area contributed by atoms with E-state index in [1.54, 1.807) is 11.3 Å². The van der Waals surface area contributed by atoms with Crippen LogP contribution in [-0.2, 0) is 44.6 Å². The standard InChI is InChI=1S/C51H79N5O8S2/c1-4-41(57)30-39(33-49-53-43-15-14-38(35(2)3)31-46(43)66-49)51(61)54-42(36-10-6-5-7-11-36)16-17-44(58)37-18-21-56(22-19-37)23-25-63-27-29-64-28-26-62-24-20-52-47(59)13-9-8-12-45-50-40(34-65-45)32-48(60)55-50/h14-15,31,35-37,39-40,42,45,50H,4-13,16-30,32-34H2,1-3H3,(H,52,59)(H,54,61)(H,55,60)/p+1/t39-,40-,42+,45-,50-/m0/s1. The summed E-state index contributed by atoms with van der Waals surface area (Å²) in [5.74, 6) is 2.44. The van der Waals surface area contributed by atoms with Gasteiger partial charge in [-0.2, -0.15) is 11.8 Å². The fraction of sp³-hybridized carbons (Fsp3) is 0.765. The van der Waals surface area contributed by atoms with Crippen molar-refractivity contribution in [2.45, 2.75) is 153 Å². The summed E-state index contributed by atoms with van der Waals surface area (Å²) < 4.78 is 18.2. The first-order valence-electron chi connectivity index (χ1n) is 25.4. The molecule has 15 heteroatoms. The van der Waals surface area contributed by atoms with E-state index < -0.39 is 5.92 Å². The van der Waals surface area contributed by atoms with Crippen molar-refractivity contribution >= 4 is 62.6 Å². The van der Waals surface area contributed by atoms with Crippen molar-refractivity contribution in [1.29, 1.82) is 0 Å². The molecule has 3 aliphatic heterocycles. The summed E-state index contributed by atoms with van der Waals surface area (Å²) in [6.45, 7) is 12.3. The number of fused-ring (bicyclic) bond motifs is 2. The highest BCUT2D eigenvalue weighted by Crippen LogP contribution is 2.39. The lowest BCUT2D eigenvalue weighted by molar-refractivity contribution is -0.130. The Balaban J connectivity index is 0.00000840. The van der Waals surface area contributed by atoms with Gasteiger partial charge in [0, 0.05) is 74.9 Å². The number of ketones is 2. The van der Waals surface area contributed by atoms with Crippen LogP contribution in [0.3, 0.4) is 0 Å². The number of rotatable bonds is 30. The van der Waals surface area contributed by atoms with E-state index in [2.05, 4.69) is 52.9 Å². The summed E-state index contributed by atoms with van der Waals surface area (Å²) in [4.78, 5) is 71.6. The zero-order chi connectivity index (χ0) is 46.7. The van der Waals surface area contributed by atoms with E-state index in [-0.39, 0.29) is 43.3 Å².